The second-order valence-electron chi connectivity index (χ2n) is 8.60. The Balaban J connectivity index is 1.75. The number of aryl methyl sites for hydroxylation is 1. The summed E-state index contributed by atoms with van der Waals surface area (Å²) in [7, 11) is 0. The number of hydrogen-bond acceptors (Lipinski definition) is 2. The van der Waals surface area contributed by atoms with E-state index in [1.807, 2.05) is 0 Å². The zero-order valence-corrected chi connectivity index (χ0v) is 17.3. The van der Waals surface area contributed by atoms with Crippen molar-refractivity contribution < 1.29 is 9.53 Å². The van der Waals surface area contributed by atoms with Crippen LogP contribution in [-0.2, 0) is 14.9 Å². The van der Waals surface area contributed by atoms with Crippen LogP contribution in [0.4, 0.5) is 5.69 Å². The van der Waals surface area contributed by atoms with Crippen molar-refractivity contribution in [3.63, 3.8) is 0 Å². The monoisotopic (exact) mass is 377 g/mol. The number of ether oxygens (including phenoxy) is 1. The average Bonchev–Trinajstić information content (AvgIpc) is 3.02. The van der Waals surface area contributed by atoms with E-state index < -0.39 is 0 Å². The van der Waals surface area contributed by atoms with Gasteiger partial charge in [0.25, 0.3) is 0 Å². The second kappa shape index (κ2) is 7.71. The van der Waals surface area contributed by atoms with Crippen LogP contribution in [0.3, 0.4) is 0 Å². The van der Waals surface area contributed by atoms with Gasteiger partial charge >= 0.3 is 0 Å². The number of hydrogen-bond donors (Lipinski definition) is 0. The van der Waals surface area contributed by atoms with Gasteiger partial charge in [0.2, 0.25) is 5.91 Å². The Labute approximate surface area is 168 Å². The molecule has 2 aliphatic heterocycles. The van der Waals surface area contributed by atoms with E-state index in [-0.39, 0.29) is 17.2 Å². The molecule has 3 heteroatoms. The number of benzene rings is 2. The lowest BCUT2D eigenvalue weighted by Crippen LogP contribution is -2.42. The van der Waals surface area contributed by atoms with Gasteiger partial charge in [-0.15, -0.1) is 0 Å². The normalized spacial score (nSPS) is 18.9. The Morgan fingerprint density at radius 3 is 2.46 bits per heavy atom. The van der Waals surface area contributed by atoms with Gasteiger partial charge in [0, 0.05) is 36.8 Å². The van der Waals surface area contributed by atoms with E-state index >= 15 is 0 Å². The fourth-order valence-electron chi connectivity index (χ4n) is 4.80. The maximum absolute atomic E-state index is 13.2. The van der Waals surface area contributed by atoms with Gasteiger partial charge < -0.3 is 9.64 Å². The molecule has 0 radical (unpaired) electrons. The van der Waals surface area contributed by atoms with Crippen molar-refractivity contribution in [3.8, 4) is 11.1 Å². The lowest BCUT2D eigenvalue weighted by molar-refractivity contribution is -0.122. The van der Waals surface area contributed by atoms with Gasteiger partial charge in [-0.05, 0) is 55.0 Å². The van der Waals surface area contributed by atoms with Crippen molar-refractivity contribution in [2.24, 2.45) is 5.92 Å². The number of carbonyl (C=O) groups is 1. The van der Waals surface area contributed by atoms with Crippen molar-refractivity contribution >= 4 is 11.6 Å². The molecule has 2 aromatic rings. The molecule has 0 saturated carbocycles. The number of carbonyl (C=O) groups excluding carboxylic acids is 1. The molecule has 0 aromatic heterocycles. The Hall–Kier alpha value is -2.13. The third-order valence-corrected chi connectivity index (χ3v) is 6.56. The van der Waals surface area contributed by atoms with Crippen LogP contribution in [0.5, 0.6) is 0 Å². The van der Waals surface area contributed by atoms with Gasteiger partial charge in [-0.1, -0.05) is 56.2 Å². The Kier molecular flexibility index (Phi) is 5.29. The zero-order chi connectivity index (χ0) is 19.7. The molecule has 148 valence electrons. The second-order valence-corrected chi connectivity index (χ2v) is 8.60. The molecule has 0 aliphatic carbocycles. The summed E-state index contributed by atoms with van der Waals surface area (Å²) in [6, 6.07) is 15.4. The van der Waals surface area contributed by atoms with Gasteiger partial charge in [0.05, 0.1) is 0 Å². The van der Waals surface area contributed by atoms with Crippen LogP contribution in [0.2, 0.25) is 0 Å². The van der Waals surface area contributed by atoms with E-state index in [1.54, 1.807) is 0 Å². The van der Waals surface area contributed by atoms with Crippen molar-refractivity contribution in [2.45, 2.75) is 51.9 Å². The quantitative estimate of drug-likeness (QED) is 0.705. The first kappa shape index (κ1) is 19.2. The topological polar surface area (TPSA) is 29.5 Å². The third-order valence-electron chi connectivity index (χ3n) is 6.56. The van der Waals surface area contributed by atoms with Crippen LogP contribution in [0.1, 0.15) is 50.7 Å². The van der Waals surface area contributed by atoms with Gasteiger partial charge in [-0.25, -0.2) is 0 Å². The van der Waals surface area contributed by atoms with Crippen LogP contribution in [0.25, 0.3) is 11.1 Å². The minimum Gasteiger partial charge on any atom is -0.381 e. The molecule has 1 fully saturated rings. The van der Waals surface area contributed by atoms with E-state index in [4.69, 9.17) is 4.74 Å². The van der Waals surface area contributed by atoms with Crippen molar-refractivity contribution in [1.29, 1.82) is 0 Å². The Bertz CT molecular complexity index is 849. The zero-order valence-electron chi connectivity index (χ0n) is 17.3. The molecule has 0 unspecified atom stereocenters. The number of fused-ring (bicyclic) bond motifs is 2. The SMILES string of the molecule is CCC[C@H](C)C(=O)N1CC2(CCOCC2)c2cc(-c3ccc(C)cc3)ccc21. The van der Waals surface area contributed by atoms with E-state index in [0.29, 0.717) is 0 Å². The molecule has 1 amide bonds. The number of amides is 1. The molecule has 1 atom stereocenters. The molecule has 2 aliphatic rings. The maximum Gasteiger partial charge on any atom is 0.229 e. The van der Waals surface area contributed by atoms with E-state index in [0.717, 1.165) is 51.1 Å². The predicted octanol–water partition coefficient (Wildman–Crippen LogP) is 5.49. The van der Waals surface area contributed by atoms with Gasteiger partial charge in [0.1, 0.15) is 0 Å². The summed E-state index contributed by atoms with van der Waals surface area (Å²) in [5, 5.41) is 0. The third kappa shape index (κ3) is 3.37. The first-order chi connectivity index (χ1) is 13.5. The highest BCUT2D eigenvalue weighted by atomic mass is 16.5. The summed E-state index contributed by atoms with van der Waals surface area (Å²) in [5.74, 6) is 0.346. The van der Waals surface area contributed by atoms with Crippen molar-refractivity contribution in [1.82, 2.24) is 0 Å². The summed E-state index contributed by atoms with van der Waals surface area (Å²) >= 11 is 0. The van der Waals surface area contributed by atoms with Crippen LogP contribution in [0, 0.1) is 12.8 Å². The lowest BCUT2D eigenvalue weighted by Gasteiger charge is -2.34. The van der Waals surface area contributed by atoms with E-state index in [9.17, 15) is 4.79 Å². The minimum absolute atomic E-state index is 0.0376. The Morgan fingerprint density at radius 2 is 1.79 bits per heavy atom. The first-order valence-corrected chi connectivity index (χ1v) is 10.6. The molecule has 2 heterocycles. The van der Waals surface area contributed by atoms with Crippen LogP contribution < -0.4 is 4.90 Å². The predicted molar refractivity (Wildman–Crippen MR) is 115 cm³/mol. The summed E-state index contributed by atoms with van der Waals surface area (Å²) in [4.78, 5) is 15.3. The highest BCUT2D eigenvalue weighted by Gasteiger charge is 2.46. The summed E-state index contributed by atoms with van der Waals surface area (Å²) in [6.45, 7) is 8.69. The van der Waals surface area contributed by atoms with Gasteiger partial charge in [-0.3, -0.25) is 4.79 Å². The minimum atomic E-state index is 0.0376. The van der Waals surface area contributed by atoms with E-state index in [2.05, 4.69) is 68.1 Å². The summed E-state index contributed by atoms with van der Waals surface area (Å²) in [5.41, 5.74) is 6.24. The fraction of sp³-hybridized carbons (Fsp3) is 0.480. The molecule has 1 spiro atoms. The molecule has 3 nitrogen and oxygen atoms in total. The molecule has 4 rings (SSSR count). The highest BCUT2D eigenvalue weighted by Crippen LogP contribution is 2.48. The van der Waals surface area contributed by atoms with Crippen LogP contribution in [0.15, 0.2) is 42.5 Å². The average molecular weight is 378 g/mol. The smallest absolute Gasteiger partial charge is 0.229 e. The van der Waals surface area contributed by atoms with Crippen LogP contribution in [-0.4, -0.2) is 25.7 Å². The van der Waals surface area contributed by atoms with Gasteiger partial charge in [-0.2, -0.15) is 0 Å². The molecular weight excluding hydrogens is 346 g/mol. The first-order valence-electron chi connectivity index (χ1n) is 10.6. The Morgan fingerprint density at radius 1 is 1.11 bits per heavy atom. The molecule has 1 saturated heterocycles. The number of rotatable bonds is 4. The maximum atomic E-state index is 13.2. The highest BCUT2D eigenvalue weighted by molar-refractivity contribution is 5.98. The standard InChI is InChI=1S/C25H31NO2/c1-4-5-19(3)24(27)26-17-25(12-14-28-15-13-25)22-16-21(10-11-23(22)26)20-8-6-18(2)7-9-20/h6-11,16,19H,4-5,12-15,17H2,1-3H3/t19-/m0/s1. The van der Waals surface area contributed by atoms with Crippen LogP contribution >= 0.6 is 0 Å². The van der Waals surface area contributed by atoms with Crippen molar-refractivity contribution in [3.05, 3.63) is 53.6 Å². The summed E-state index contributed by atoms with van der Waals surface area (Å²) in [6.07, 6.45) is 3.97. The summed E-state index contributed by atoms with van der Waals surface area (Å²) < 4.78 is 5.68. The largest absolute Gasteiger partial charge is 0.381 e. The van der Waals surface area contributed by atoms with Crippen molar-refractivity contribution in [2.75, 3.05) is 24.7 Å². The molecule has 0 N–H and O–H groups in total. The molecular formula is C25H31NO2. The lowest BCUT2D eigenvalue weighted by atomic mass is 9.75. The molecule has 0 bridgehead atoms. The number of nitrogens with zero attached hydrogens (tertiary/aromatic N) is 1. The fourth-order valence-corrected chi connectivity index (χ4v) is 4.80. The number of anilines is 1. The molecule has 28 heavy (non-hydrogen) atoms. The van der Waals surface area contributed by atoms with E-state index in [1.165, 1.54) is 22.3 Å². The molecule has 2 aromatic carbocycles. The van der Waals surface area contributed by atoms with Gasteiger partial charge in [0.15, 0.2) is 0 Å².